The summed E-state index contributed by atoms with van der Waals surface area (Å²) in [6, 6.07) is 0. The molecule has 0 amide bonds. The zero-order valence-corrected chi connectivity index (χ0v) is 23.0. The molecule has 15 nitrogen and oxygen atoms in total. The fourth-order valence-corrected chi connectivity index (χ4v) is 3.70. The van der Waals surface area contributed by atoms with E-state index in [1.807, 2.05) is 0 Å². The summed E-state index contributed by atoms with van der Waals surface area (Å²) in [5, 5.41) is 29.3. The van der Waals surface area contributed by atoms with E-state index in [9.17, 15) is 29.0 Å². The van der Waals surface area contributed by atoms with E-state index >= 15 is 0 Å². The number of hydrogen-bond acceptors (Lipinski definition) is 9. The number of phosphoric ester groups is 3. The van der Waals surface area contributed by atoms with Gasteiger partial charge >= 0.3 is 112 Å². The fourth-order valence-electron chi connectivity index (χ4n) is 2.01. The monoisotopic (exact) mass is 489 g/mol. The first-order chi connectivity index (χ1) is 10.5. The maximum absolute atomic E-state index is 10.9. The molecule has 0 bridgehead atoms. The standard InChI is InChI=1S/C6H15O15P3.3Na/c7-1-2(8)5(20-23(13,14)15)6(21-24(16,17)18)3(9)4(1)19-22(10,11)12;;;/h1-9H,(H2,10,11,12)(H2,13,14,15)(H2,16,17,18);;;/q;3*+1/t1-,2-,3+,4+,5+,6+;;;/m1.../s1. The van der Waals surface area contributed by atoms with Crippen molar-refractivity contribution in [2.45, 2.75) is 36.6 Å². The van der Waals surface area contributed by atoms with E-state index in [1.165, 1.54) is 0 Å². The average molecular weight is 489 g/mol. The molecule has 144 valence electrons. The minimum absolute atomic E-state index is 0. The summed E-state index contributed by atoms with van der Waals surface area (Å²) in [6.07, 6.45) is -14.3. The number of aliphatic hydroxyl groups is 3. The zero-order valence-electron chi connectivity index (χ0n) is 14.3. The van der Waals surface area contributed by atoms with E-state index in [2.05, 4.69) is 13.6 Å². The Balaban J connectivity index is -0.00000192. The van der Waals surface area contributed by atoms with Crippen LogP contribution in [0.15, 0.2) is 0 Å². The molecule has 0 aromatic rings. The normalized spacial score (nSPS) is 31.9. The first kappa shape index (κ1) is 34.8. The Morgan fingerprint density at radius 2 is 0.704 bits per heavy atom. The van der Waals surface area contributed by atoms with Gasteiger partial charge in [0.05, 0.1) is 0 Å². The second kappa shape index (κ2) is 13.0. The maximum Gasteiger partial charge on any atom is 1.00 e. The molecule has 0 aromatic carbocycles. The predicted molar refractivity (Wildman–Crippen MR) is 68.8 cm³/mol. The Morgan fingerprint density at radius 1 is 0.481 bits per heavy atom. The van der Waals surface area contributed by atoms with Crippen LogP contribution in [0.1, 0.15) is 0 Å². The molecule has 1 aliphatic carbocycles. The third-order valence-corrected chi connectivity index (χ3v) is 4.35. The molecular formula is C6H15Na3O15P3+3. The molecule has 6 atom stereocenters. The Kier molecular flexibility index (Phi) is 16.8. The van der Waals surface area contributed by atoms with Crippen LogP contribution in [0.3, 0.4) is 0 Å². The quantitative estimate of drug-likeness (QED) is 0.124. The molecule has 0 aliphatic heterocycles. The third-order valence-electron chi connectivity index (χ3n) is 2.80. The van der Waals surface area contributed by atoms with Gasteiger partial charge in [-0.25, -0.2) is 13.7 Å². The van der Waals surface area contributed by atoms with Crippen LogP contribution in [0.2, 0.25) is 0 Å². The van der Waals surface area contributed by atoms with Crippen LogP contribution in [-0.2, 0) is 27.3 Å². The molecule has 0 heterocycles. The topological polar surface area (TPSA) is 261 Å². The van der Waals surface area contributed by atoms with Gasteiger partial charge in [-0.1, -0.05) is 0 Å². The maximum atomic E-state index is 10.9. The van der Waals surface area contributed by atoms with Crippen molar-refractivity contribution in [1.29, 1.82) is 0 Å². The van der Waals surface area contributed by atoms with Gasteiger partial charge in [-0.15, -0.1) is 0 Å². The van der Waals surface area contributed by atoms with Crippen LogP contribution in [0, 0.1) is 0 Å². The summed E-state index contributed by atoms with van der Waals surface area (Å²) in [7, 11) is -16.2. The molecule has 0 unspecified atom stereocenters. The van der Waals surface area contributed by atoms with E-state index in [-0.39, 0.29) is 88.7 Å². The van der Waals surface area contributed by atoms with Crippen molar-refractivity contribution in [3.8, 4) is 0 Å². The molecule has 21 heteroatoms. The zero-order chi connectivity index (χ0) is 19.1. The molecule has 0 radical (unpaired) electrons. The Bertz CT molecular complexity index is 587. The summed E-state index contributed by atoms with van der Waals surface area (Å²) in [5.74, 6) is 0. The molecule has 9 N–H and O–H groups in total. The SMILES string of the molecule is O=P(O)(O)O[C@H]1[C@H](O)[C@@H](O)[C@H](OP(=O)(O)O)[C@@H](OP(=O)(O)O)[C@H]1O.[Na+].[Na+].[Na+]. The Morgan fingerprint density at radius 3 is 1.00 bits per heavy atom. The van der Waals surface area contributed by atoms with E-state index < -0.39 is 60.1 Å². The van der Waals surface area contributed by atoms with E-state index in [1.54, 1.807) is 0 Å². The van der Waals surface area contributed by atoms with Gasteiger partial charge in [0.2, 0.25) is 0 Å². The largest absolute Gasteiger partial charge is 1.00 e. The third kappa shape index (κ3) is 12.1. The van der Waals surface area contributed by atoms with Gasteiger partial charge in [0.1, 0.15) is 36.6 Å². The average Bonchev–Trinajstić information content (AvgIpc) is 2.32. The summed E-state index contributed by atoms with van der Waals surface area (Å²) < 4.78 is 44.7. The van der Waals surface area contributed by atoms with Crippen LogP contribution >= 0.6 is 23.5 Å². The van der Waals surface area contributed by atoms with E-state index in [4.69, 9.17) is 29.4 Å². The fraction of sp³-hybridized carbons (Fsp3) is 1.00. The van der Waals surface area contributed by atoms with Crippen LogP contribution in [-0.4, -0.2) is 81.3 Å². The molecule has 27 heavy (non-hydrogen) atoms. The van der Waals surface area contributed by atoms with Crippen LogP contribution in [0.25, 0.3) is 0 Å². The van der Waals surface area contributed by atoms with Gasteiger partial charge in [0.25, 0.3) is 0 Å². The van der Waals surface area contributed by atoms with E-state index in [0.29, 0.717) is 0 Å². The Hall–Kier alpha value is 3.21. The summed E-state index contributed by atoms with van der Waals surface area (Å²) in [4.78, 5) is 52.4. The molecule has 0 spiro atoms. The molecule has 0 saturated heterocycles. The van der Waals surface area contributed by atoms with E-state index in [0.717, 1.165) is 0 Å². The number of aliphatic hydroxyl groups excluding tert-OH is 3. The van der Waals surface area contributed by atoms with Crippen molar-refractivity contribution < 1.29 is 161 Å². The summed E-state index contributed by atoms with van der Waals surface area (Å²) in [6.45, 7) is 0. The Labute approximate surface area is 218 Å². The van der Waals surface area contributed by atoms with Gasteiger partial charge in [-0.05, 0) is 0 Å². The van der Waals surface area contributed by atoms with Gasteiger partial charge < -0.3 is 44.7 Å². The van der Waals surface area contributed by atoms with Crippen molar-refractivity contribution in [3.63, 3.8) is 0 Å². The van der Waals surface area contributed by atoms with Gasteiger partial charge in [-0.3, -0.25) is 13.6 Å². The second-order valence-electron chi connectivity index (χ2n) is 4.65. The van der Waals surface area contributed by atoms with Crippen molar-refractivity contribution in [2.24, 2.45) is 0 Å². The number of hydrogen-bond donors (Lipinski definition) is 9. The number of rotatable bonds is 6. The van der Waals surface area contributed by atoms with Crippen LogP contribution in [0.4, 0.5) is 0 Å². The van der Waals surface area contributed by atoms with Gasteiger partial charge in [0, 0.05) is 0 Å². The molecule has 1 aliphatic rings. The van der Waals surface area contributed by atoms with Gasteiger partial charge in [-0.2, -0.15) is 0 Å². The van der Waals surface area contributed by atoms with Crippen molar-refractivity contribution in [3.05, 3.63) is 0 Å². The first-order valence-corrected chi connectivity index (χ1v) is 10.4. The van der Waals surface area contributed by atoms with Crippen molar-refractivity contribution in [2.75, 3.05) is 0 Å². The van der Waals surface area contributed by atoms with Crippen LogP contribution in [0.5, 0.6) is 0 Å². The van der Waals surface area contributed by atoms with Gasteiger partial charge in [0.15, 0.2) is 0 Å². The second-order valence-corrected chi connectivity index (χ2v) is 8.23. The summed E-state index contributed by atoms with van der Waals surface area (Å²) >= 11 is 0. The predicted octanol–water partition coefficient (Wildman–Crippen LogP) is -12.5. The smallest absolute Gasteiger partial charge is 0.387 e. The molecule has 1 fully saturated rings. The minimum atomic E-state index is -5.43. The minimum Gasteiger partial charge on any atom is -0.387 e. The first-order valence-electron chi connectivity index (χ1n) is 5.78. The molecule has 1 rings (SSSR count). The molecular weight excluding hydrogens is 474 g/mol. The van der Waals surface area contributed by atoms with Crippen molar-refractivity contribution >= 4 is 23.5 Å². The molecule has 0 aromatic heterocycles. The molecule has 1 saturated carbocycles. The van der Waals surface area contributed by atoms with Crippen molar-refractivity contribution in [1.82, 2.24) is 0 Å². The summed E-state index contributed by atoms with van der Waals surface area (Å²) in [5.41, 5.74) is 0. The van der Waals surface area contributed by atoms with Crippen LogP contribution < -0.4 is 88.7 Å². The number of phosphoric acid groups is 3.